The molecule has 4 N–H and O–H groups in total. The van der Waals surface area contributed by atoms with Gasteiger partial charge < -0.3 is 30.2 Å². The van der Waals surface area contributed by atoms with Crippen LogP contribution in [0.25, 0.3) is 22.6 Å². The van der Waals surface area contributed by atoms with E-state index in [0.29, 0.717) is 53.8 Å². The predicted octanol–water partition coefficient (Wildman–Crippen LogP) is 3.90. The van der Waals surface area contributed by atoms with Crippen molar-refractivity contribution in [3.05, 3.63) is 84.1 Å². The molecule has 2 aromatic carbocycles. The minimum Gasteiger partial charge on any atom is -0.448 e. The third-order valence-electron chi connectivity index (χ3n) is 7.31. The number of imidazole rings is 1. The number of aromatic amines is 1. The van der Waals surface area contributed by atoms with Crippen LogP contribution in [0.4, 0.5) is 10.3 Å². The molecule has 4 aromatic rings. The van der Waals surface area contributed by atoms with E-state index in [1.165, 1.54) is 12.1 Å². The van der Waals surface area contributed by atoms with E-state index in [1.54, 1.807) is 31.3 Å². The number of rotatable bonds is 9. The van der Waals surface area contributed by atoms with Gasteiger partial charge in [-0.1, -0.05) is 30.3 Å². The number of halogens is 1. The molecule has 2 aromatic heterocycles. The number of carbonyl (C=O) groups is 2. The van der Waals surface area contributed by atoms with E-state index >= 15 is 0 Å². The number of esters is 1. The first-order chi connectivity index (χ1) is 20.2. The third kappa shape index (κ3) is 5.58. The van der Waals surface area contributed by atoms with Crippen molar-refractivity contribution in [1.82, 2.24) is 19.9 Å². The highest BCUT2D eigenvalue weighted by atomic mass is 19.1. The average molecular weight is 573 g/mol. The van der Waals surface area contributed by atoms with Crippen molar-refractivity contribution in [2.75, 3.05) is 18.5 Å². The van der Waals surface area contributed by atoms with E-state index in [2.05, 4.69) is 20.3 Å². The van der Waals surface area contributed by atoms with Crippen LogP contribution in [0.2, 0.25) is 0 Å². The number of anilines is 1. The minimum atomic E-state index is -1.23. The molecule has 0 spiro atoms. The van der Waals surface area contributed by atoms with Crippen molar-refractivity contribution in [3.8, 4) is 22.6 Å². The molecular weight excluding hydrogens is 543 g/mol. The van der Waals surface area contributed by atoms with Crippen LogP contribution < -0.4 is 11.1 Å². The molecule has 1 saturated carbocycles. The van der Waals surface area contributed by atoms with Gasteiger partial charge in [-0.05, 0) is 42.8 Å². The highest BCUT2D eigenvalue weighted by molar-refractivity contribution is 5.90. The number of hydrogen-bond acceptors (Lipinski definition) is 9. The number of ether oxygens (including phenoxy) is 3. The zero-order chi connectivity index (χ0) is 29.3. The molecule has 0 radical (unpaired) electrons. The van der Waals surface area contributed by atoms with Gasteiger partial charge in [-0.15, -0.1) is 0 Å². The Morgan fingerprint density at radius 3 is 2.45 bits per heavy atom. The van der Waals surface area contributed by atoms with E-state index in [-0.39, 0.29) is 19.0 Å². The Labute approximate surface area is 240 Å². The largest absolute Gasteiger partial charge is 0.448 e. The van der Waals surface area contributed by atoms with Gasteiger partial charge in [0.1, 0.15) is 11.2 Å². The van der Waals surface area contributed by atoms with Crippen LogP contribution in [0.1, 0.15) is 37.4 Å². The molecule has 1 saturated heterocycles. The summed E-state index contributed by atoms with van der Waals surface area (Å²) in [6.45, 7) is 2.11. The molecule has 42 heavy (non-hydrogen) atoms. The van der Waals surface area contributed by atoms with Crippen molar-refractivity contribution in [2.45, 2.75) is 38.2 Å². The van der Waals surface area contributed by atoms with Crippen molar-refractivity contribution in [3.63, 3.8) is 0 Å². The predicted molar refractivity (Wildman–Crippen MR) is 149 cm³/mol. The van der Waals surface area contributed by atoms with Crippen LogP contribution in [-0.4, -0.2) is 50.6 Å². The van der Waals surface area contributed by atoms with E-state index in [9.17, 15) is 14.0 Å². The quantitative estimate of drug-likeness (QED) is 0.253. The van der Waals surface area contributed by atoms with E-state index in [0.717, 1.165) is 5.56 Å². The lowest BCUT2D eigenvalue weighted by molar-refractivity contribution is -0.240. The van der Waals surface area contributed by atoms with Crippen LogP contribution in [0.5, 0.6) is 0 Å². The number of nitrogens with zero attached hydrogens (tertiary/aromatic N) is 3. The molecule has 0 unspecified atom stereocenters. The molecule has 12 heteroatoms. The number of amides is 1. The van der Waals surface area contributed by atoms with Gasteiger partial charge in [0.05, 0.1) is 30.3 Å². The fraction of sp³-hybridized carbons (Fsp3) is 0.300. The fourth-order valence-electron chi connectivity index (χ4n) is 4.56. The molecule has 2 aliphatic rings. The van der Waals surface area contributed by atoms with Crippen LogP contribution in [0, 0.1) is 11.2 Å². The van der Waals surface area contributed by atoms with Crippen molar-refractivity contribution >= 4 is 17.8 Å². The van der Waals surface area contributed by atoms with Gasteiger partial charge in [0.15, 0.2) is 11.4 Å². The van der Waals surface area contributed by atoms with Gasteiger partial charge in [0, 0.05) is 31.1 Å². The molecule has 6 rings (SSSR count). The summed E-state index contributed by atoms with van der Waals surface area (Å²) in [6, 6.07) is 17.6. The first-order valence-electron chi connectivity index (χ1n) is 13.5. The van der Waals surface area contributed by atoms with Crippen LogP contribution >= 0.6 is 0 Å². The third-order valence-corrected chi connectivity index (χ3v) is 7.31. The normalized spacial score (nSPS) is 21.0. The van der Waals surface area contributed by atoms with Gasteiger partial charge >= 0.3 is 5.97 Å². The number of hydrogen-bond donors (Lipinski definition) is 3. The standard InChI is InChI=1S/C30H29FN6O5/c1-29(27(39)42-30(12-13-30)26(32)38)16-40-25(41-17-29)24-36-22(19-7-9-20(31)10-8-19)23(37-24)21-11-14-33-28(35-21)34-15-18-5-3-2-4-6-18/h2-11,14,25H,12-13,15-17H2,1H3,(H2,32,38)(H,36,37)(H,33,34,35). The Kier molecular flexibility index (Phi) is 7.17. The maximum atomic E-state index is 13.7. The summed E-state index contributed by atoms with van der Waals surface area (Å²) in [7, 11) is 0. The smallest absolute Gasteiger partial charge is 0.317 e. The molecule has 11 nitrogen and oxygen atoms in total. The zero-order valence-electron chi connectivity index (χ0n) is 22.8. The summed E-state index contributed by atoms with van der Waals surface area (Å²) in [5.74, 6) is -0.885. The van der Waals surface area contributed by atoms with Crippen molar-refractivity contribution in [2.24, 2.45) is 11.1 Å². The summed E-state index contributed by atoms with van der Waals surface area (Å²) in [5, 5.41) is 3.23. The molecule has 216 valence electrons. The van der Waals surface area contributed by atoms with Crippen molar-refractivity contribution < 1.29 is 28.2 Å². The number of benzene rings is 2. The van der Waals surface area contributed by atoms with Gasteiger partial charge in [-0.3, -0.25) is 9.59 Å². The molecule has 1 amide bonds. The van der Waals surface area contributed by atoms with Gasteiger partial charge in [-0.25, -0.2) is 19.3 Å². The minimum absolute atomic E-state index is 0.0334. The number of carbonyl (C=O) groups excluding carboxylic acids is 2. The number of nitrogens with two attached hydrogens (primary N) is 1. The second-order valence-electron chi connectivity index (χ2n) is 10.7. The Bertz CT molecular complexity index is 1600. The van der Waals surface area contributed by atoms with E-state index in [4.69, 9.17) is 24.9 Å². The lowest BCUT2D eigenvalue weighted by Crippen LogP contribution is -2.47. The second kappa shape index (κ2) is 11.0. The fourth-order valence-corrected chi connectivity index (χ4v) is 4.56. The first-order valence-corrected chi connectivity index (χ1v) is 13.5. The summed E-state index contributed by atoms with van der Waals surface area (Å²) in [6.07, 6.45) is 1.51. The molecular formula is C30H29FN6O5. The molecule has 1 aliphatic carbocycles. The SMILES string of the molecule is CC1(C(=O)OC2(C(N)=O)CC2)COC(c2nc(-c3ccc(F)cc3)c(-c3ccnc(NCc4ccccc4)n3)[nH]2)OC1. The summed E-state index contributed by atoms with van der Waals surface area (Å²) < 4.78 is 31.0. The molecule has 3 heterocycles. The monoisotopic (exact) mass is 572 g/mol. The summed E-state index contributed by atoms with van der Waals surface area (Å²) in [5.41, 5.74) is 6.37. The van der Waals surface area contributed by atoms with Crippen molar-refractivity contribution in [1.29, 1.82) is 0 Å². The topological polar surface area (TPSA) is 154 Å². The molecule has 0 atom stereocenters. The van der Waals surface area contributed by atoms with Crippen LogP contribution in [-0.2, 0) is 30.3 Å². The Hall–Kier alpha value is -4.68. The van der Waals surface area contributed by atoms with Gasteiger partial charge in [0.25, 0.3) is 5.91 Å². The Morgan fingerprint density at radius 1 is 1.07 bits per heavy atom. The zero-order valence-corrected chi connectivity index (χ0v) is 22.8. The maximum absolute atomic E-state index is 13.7. The molecule has 0 bridgehead atoms. The summed E-state index contributed by atoms with van der Waals surface area (Å²) in [4.78, 5) is 41.6. The van der Waals surface area contributed by atoms with Gasteiger partial charge in [-0.2, -0.15) is 0 Å². The second-order valence-corrected chi connectivity index (χ2v) is 10.7. The first kappa shape index (κ1) is 27.5. The number of aromatic nitrogens is 4. The lowest BCUT2D eigenvalue weighted by atomic mass is 9.92. The van der Waals surface area contributed by atoms with Crippen LogP contribution in [0.15, 0.2) is 66.9 Å². The van der Waals surface area contributed by atoms with E-state index in [1.807, 2.05) is 30.3 Å². The lowest BCUT2D eigenvalue weighted by Gasteiger charge is -2.35. The van der Waals surface area contributed by atoms with E-state index < -0.39 is 29.2 Å². The number of nitrogens with one attached hydrogen (secondary N) is 2. The van der Waals surface area contributed by atoms with Crippen LogP contribution in [0.3, 0.4) is 0 Å². The Balaban J connectivity index is 1.24. The highest BCUT2D eigenvalue weighted by Gasteiger charge is 2.55. The summed E-state index contributed by atoms with van der Waals surface area (Å²) >= 11 is 0. The Morgan fingerprint density at radius 2 is 1.79 bits per heavy atom. The number of primary amides is 1. The molecule has 1 aliphatic heterocycles. The molecule has 2 fully saturated rings. The average Bonchev–Trinajstić information content (AvgIpc) is 3.66. The highest BCUT2D eigenvalue weighted by Crippen LogP contribution is 2.42. The maximum Gasteiger partial charge on any atom is 0.317 e. The number of H-pyrrole nitrogens is 1. The van der Waals surface area contributed by atoms with Gasteiger partial charge in [0.2, 0.25) is 12.2 Å².